The number of aromatic amines is 1. The maximum absolute atomic E-state index is 9.76. The summed E-state index contributed by atoms with van der Waals surface area (Å²) < 4.78 is 0. The minimum Gasteiger partial charge on any atom is -0.394 e. The van der Waals surface area contributed by atoms with E-state index in [2.05, 4.69) is 19.9 Å². The number of nitrogen functional groups attached to an aromatic ring is 1. The second-order valence-electron chi connectivity index (χ2n) is 3.73. The summed E-state index contributed by atoms with van der Waals surface area (Å²) in [6.07, 6.45) is -1.71. The number of hydrogen-bond donors (Lipinski definition) is 6. The molecule has 0 aromatic carbocycles. The van der Waals surface area contributed by atoms with Gasteiger partial charge >= 0.3 is 0 Å². The Morgan fingerprint density at radius 1 is 1.30 bits per heavy atom. The van der Waals surface area contributed by atoms with Crippen molar-refractivity contribution in [2.75, 3.05) is 12.3 Å². The summed E-state index contributed by atoms with van der Waals surface area (Å²) in [5.74, 6) is 0.433. The molecule has 0 spiro atoms. The van der Waals surface area contributed by atoms with E-state index in [0.29, 0.717) is 17.0 Å². The number of aromatic nitrogens is 4. The number of aliphatic hydroxyl groups excluding tert-OH is 4. The molecule has 110 valence electrons. The van der Waals surface area contributed by atoms with Crippen LogP contribution in [0.25, 0.3) is 11.2 Å². The third-order valence-corrected chi connectivity index (χ3v) is 2.32. The molecule has 0 aliphatic heterocycles. The molecule has 7 N–H and O–H groups in total. The van der Waals surface area contributed by atoms with E-state index in [1.54, 1.807) is 0 Å². The van der Waals surface area contributed by atoms with Gasteiger partial charge in [0.05, 0.1) is 12.9 Å². The lowest BCUT2D eigenvalue weighted by Crippen LogP contribution is -2.40. The molecule has 2 rings (SSSR count). The van der Waals surface area contributed by atoms with Crippen LogP contribution in [0, 0.1) is 0 Å². The number of hydrogen-bond acceptors (Lipinski definition) is 9. The molecule has 0 unspecified atom stereocenters. The predicted molar refractivity (Wildman–Crippen MR) is 67.3 cm³/mol. The number of carbonyl (C=O) groups excluding carboxylic acids is 1. The lowest BCUT2D eigenvalue weighted by molar-refractivity contribution is -0.127. The number of H-pyrrole nitrogens is 1. The van der Waals surface area contributed by atoms with Crippen molar-refractivity contribution < 1.29 is 25.2 Å². The zero-order valence-corrected chi connectivity index (χ0v) is 10.3. The van der Waals surface area contributed by atoms with Gasteiger partial charge in [0.15, 0.2) is 17.8 Å². The highest BCUT2D eigenvalue weighted by Crippen LogP contribution is 2.09. The Kier molecular flexibility index (Phi) is 5.93. The Labute approximate surface area is 112 Å². The van der Waals surface area contributed by atoms with E-state index in [1.807, 2.05) is 0 Å². The van der Waals surface area contributed by atoms with Gasteiger partial charge in [-0.25, -0.2) is 15.0 Å². The first-order valence-electron chi connectivity index (χ1n) is 5.51. The molecule has 2 aromatic rings. The third kappa shape index (κ3) is 3.93. The monoisotopic (exact) mass is 285 g/mol. The van der Waals surface area contributed by atoms with Crippen LogP contribution < -0.4 is 5.73 Å². The van der Waals surface area contributed by atoms with Gasteiger partial charge in [-0.05, 0) is 0 Å². The second kappa shape index (κ2) is 7.45. The molecule has 10 heteroatoms. The fourth-order valence-electron chi connectivity index (χ4n) is 1.20. The van der Waals surface area contributed by atoms with Crippen molar-refractivity contribution in [1.29, 1.82) is 0 Å². The van der Waals surface area contributed by atoms with E-state index in [9.17, 15) is 4.79 Å². The molecule has 0 fully saturated rings. The van der Waals surface area contributed by atoms with E-state index in [0.717, 1.165) is 0 Å². The summed E-state index contributed by atoms with van der Waals surface area (Å²) in [7, 11) is 0. The molecular formula is C10H15N5O5. The van der Waals surface area contributed by atoms with Crippen LogP contribution in [0.2, 0.25) is 0 Å². The molecule has 20 heavy (non-hydrogen) atoms. The van der Waals surface area contributed by atoms with Gasteiger partial charge in [-0.2, -0.15) is 0 Å². The zero-order valence-electron chi connectivity index (χ0n) is 10.3. The van der Waals surface area contributed by atoms with Gasteiger partial charge in [0.2, 0.25) is 0 Å². The molecule has 0 aliphatic carbocycles. The van der Waals surface area contributed by atoms with Gasteiger partial charge in [-0.1, -0.05) is 0 Å². The van der Waals surface area contributed by atoms with Gasteiger partial charge in [0, 0.05) is 0 Å². The topological polar surface area (TPSA) is 178 Å². The summed E-state index contributed by atoms with van der Waals surface area (Å²) in [5, 5.41) is 34.1. The summed E-state index contributed by atoms with van der Waals surface area (Å²) >= 11 is 0. The number of carbonyl (C=O) groups is 1. The number of aldehydes is 1. The SMILES string of the molecule is Nc1ncnc2nc[nH]c12.O=C[C@H](O)[C@@H](O)[C@H](O)CO. The minimum atomic E-state index is -1.64. The van der Waals surface area contributed by atoms with Crippen molar-refractivity contribution in [3.63, 3.8) is 0 Å². The summed E-state index contributed by atoms with van der Waals surface area (Å²) in [4.78, 5) is 24.1. The Morgan fingerprint density at radius 3 is 2.55 bits per heavy atom. The van der Waals surface area contributed by atoms with Crippen LogP contribution in [0.15, 0.2) is 12.7 Å². The maximum atomic E-state index is 9.76. The van der Waals surface area contributed by atoms with Crippen molar-refractivity contribution in [2.24, 2.45) is 0 Å². The summed E-state index contributed by atoms with van der Waals surface area (Å²) in [6, 6.07) is 0. The van der Waals surface area contributed by atoms with E-state index < -0.39 is 24.9 Å². The fourth-order valence-corrected chi connectivity index (χ4v) is 1.20. The number of nitrogens with zero attached hydrogens (tertiary/aromatic N) is 3. The van der Waals surface area contributed by atoms with Crippen LogP contribution >= 0.6 is 0 Å². The lowest BCUT2D eigenvalue weighted by Gasteiger charge is -2.16. The molecule has 0 radical (unpaired) electrons. The molecule has 2 heterocycles. The smallest absolute Gasteiger partial charge is 0.182 e. The molecule has 0 saturated heterocycles. The van der Waals surface area contributed by atoms with E-state index in [-0.39, 0.29) is 6.29 Å². The van der Waals surface area contributed by atoms with Crippen LogP contribution in [-0.2, 0) is 4.79 Å². The number of aliphatic hydroxyl groups is 4. The van der Waals surface area contributed by atoms with Crippen molar-refractivity contribution in [1.82, 2.24) is 19.9 Å². The van der Waals surface area contributed by atoms with Crippen molar-refractivity contribution >= 4 is 23.3 Å². The van der Waals surface area contributed by atoms with E-state index in [1.165, 1.54) is 12.7 Å². The van der Waals surface area contributed by atoms with E-state index in [4.69, 9.17) is 26.2 Å². The first-order valence-corrected chi connectivity index (χ1v) is 5.51. The molecule has 10 nitrogen and oxygen atoms in total. The van der Waals surface area contributed by atoms with Crippen molar-refractivity contribution in [2.45, 2.75) is 18.3 Å². The molecule has 2 aromatic heterocycles. The summed E-state index contributed by atoms with van der Waals surface area (Å²) in [5.41, 5.74) is 6.78. The third-order valence-electron chi connectivity index (χ3n) is 2.32. The van der Waals surface area contributed by atoms with Crippen LogP contribution in [0.3, 0.4) is 0 Å². The van der Waals surface area contributed by atoms with Crippen LogP contribution in [0.4, 0.5) is 5.82 Å². The quantitative estimate of drug-likeness (QED) is 0.323. The van der Waals surface area contributed by atoms with Crippen LogP contribution in [-0.4, -0.2) is 71.6 Å². The standard InChI is InChI=1S/C5H5N5.C5H10O5/c6-4-3-5(9-1-7-3)10-2-8-4;6-1-3(8)5(10)4(9)2-7/h1-2H,(H3,6,7,8,9,10);1,3-5,7-10H,2H2/t;3-,4+,5+/m.0/s1. The maximum Gasteiger partial charge on any atom is 0.182 e. The number of rotatable bonds is 4. The highest BCUT2D eigenvalue weighted by molar-refractivity contribution is 5.80. The second-order valence-corrected chi connectivity index (χ2v) is 3.73. The van der Waals surface area contributed by atoms with Gasteiger partial charge in [-0.3, -0.25) is 0 Å². The Balaban J connectivity index is 0.000000200. The highest BCUT2D eigenvalue weighted by atomic mass is 16.4. The number of anilines is 1. The first-order chi connectivity index (χ1) is 9.51. The lowest BCUT2D eigenvalue weighted by atomic mass is 10.1. The molecule has 0 bridgehead atoms. The largest absolute Gasteiger partial charge is 0.394 e. The number of nitrogens with two attached hydrogens (primary N) is 1. The Bertz CT molecular complexity index is 548. The number of imidazole rings is 1. The van der Waals surface area contributed by atoms with Gasteiger partial charge in [-0.15, -0.1) is 0 Å². The Hall–Kier alpha value is -2.14. The highest BCUT2D eigenvalue weighted by Gasteiger charge is 2.22. The first kappa shape index (κ1) is 15.9. The molecule has 3 atom stereocenters. The normalized spacial score (nSPS) is 15.0. The fraction of sp³-hybridized carbons (Fsp3) is 0.400. The van der Waals surface area contributed by atoms with E-state index >= 15 is 0 Å². The van der Waals surface area contributed by atoms with Crippen molar-refractivity contribution in [3.05, 3.63) is 12.7 Å². The Morgan fingerprint density at radius 2 is 2.00 bits per heavy atom. The summed E-state index contributed by atoms with van der Waals surface area (Å²) in [6.45, 7) is -0.688. The molecule has 0 amide bonds. The van der Waals surface area contributed by atoms with Gasteiger partial charge < -0.3 is 35.9 Å². The molecular weight excluding hydrogens is 270 g/mol. The zero-order chi connectivity index (χ0) is 15.1. The van der Waals surface area contributed by atoms with Crippen LogP contribution in [0.1, 0.15) is 0 Å². The average molecular weight is 285 g/mol. The average Bonchev–Trinajstić information content (AvgIpc) is 2.95. The van der Waals surface area contributed by atoms with Crippen LogP contribution in [0.5, 0.6) is 0 Å². The minimum absolute atomic E-state index is 0.0869. The number of nitrogens with one attached hydrogen (secondary N) is 1. The number of fused-ring (bicyclic) bond motifs is 1. The molecule has 0 saturated carbocycles. The van der Waals surface area contributed by atoms with Gasteiger partial charge in [0.1, 0.15) is 30.2 Å². The predicted octanol–water partition coefficient (Wildman–Crippen LogP) is -2.80. The van der Waals surface area contributed by atoms with Crippen molar-refractivity contribution in [3.8, 4) is 0 Å². The molecule has 0 aliphatic rings. The van der Waals surface area contributed by atoms with Gasteiger partial charge in [0.25, 0.3) is 0 Å².